The predicted octanol–water partition coefficient (Wildman–Crippen LogP) is 2.11. The number of amides is 1. The van der Waals surface area contributed by atoms with Crippen molar-refractivity contribution in [3.63, 3.8) is 0 Å². The quantitative estimate of drug-likeness (QED) is 0.907. The fourth-order valence-electron chi connectivity index (χ4n) is 2.86. The molecule has 3 rings (SSSR count). The molecule has 0 aromatic carbocycles. The minimum absolute atomic E-state index is 0.202. The number of nitrogens with one attached hydrogen (secondary N) is 1. The Balaban J connectivity index is 1.61. The molecule has 0 bridgehead atoms. The van der Waals surface area contributed by atoms with E-state index in [2.05, 4.69) is 21.3 Å². The molecule has 0 spiro atoms. The lowest BCUT2D eigenvalue weighted by molar-refractivity contribution is 0.0197. The van der Waals surface area contributed by atoms with E-state index in [-0.39, 0.29) is 12.1 Å². The summed E-state index contributed by atoms with van der Waals surface area (Å²) in [5, 5.41) is 3.30. The first-order valence-electron chi connectivity index (χ1n) is 7.77. The summed E-state index contributed by atoms with van der Waals surface area (Å²) in [4.78, 5) is 20.5. The van der Waals surface area contributed by atoms with Crippen LogP contribution in [0.2, 0.25) is 0 Å². The molecule has 1 saturated heterocycles. The predicted molar refractivity (Wildman–Crippen MR) is 86.4 cm³/mol. The van der Waals surface area contributed by atoms with E-state index in [0.29, 0.717) is 0 Å². The lowest BCUT2D eigenvalue weighted by atomic mass is 10.0. The highest BCUT2D eigenvalue weighted by Gasteiger charge is 2.36. The maximum absolute atomic E-state index is 12.1. The number of carbonyl (C=O) groups is 1. The van der Waals surface area contributed by atoms with Crippen LogP contribution in [0.25, 0.3) is 0 Å². The average molecular weight is 304 g/mol. The monoisotopic (exact) mass is 304 g/mol. The number of hydrogen-bond acceptors (Lipinski definition) is 5. The number of carbonyl (C=O) groups excluding carboxylic acids is 1. The lowest BCUT2D eigenvalue weighted by Crippen LogP contribution is -2.60. The van der Waals surface area contributed by atoms with E-state index < -0.39 is 5.60 Å². The number of fused-ring (bicyclic) bond motifs is 1. The highest BCUT2D eigenvalue weighted by atomic mass is 16.6. The Hall–Kier alpha value is -1.98. The van der Waals surface area contributed by atoms with Gasteiger partial charge in [0.05, 0.1) is 6.04 Å². The van der Waals surface area contributed by atoms with Crippen LogP contribution in [0.3, 0.4) is 0 Å². The summed E-state index contributed by atoms with van der Waals surface area (Å²) in [7, 11) is 1.81. The van der Waals surface area contributed by atoms with E-state index in [1.807, 2.05) is 34.0 Å². The zero-order chi connectivity index (χ0) is 15.9. The number of ether oxygens (including phenoxy) is 1. The molecule has 22 heavy (non-hydrogen) atoms. The van der Waals surface area contributed by atoms with Crippen LogP contribution in [-0.2, 0) is 11.2 Å². The number of pyridine rings is 1. The summed E-state index contributed by atoms with van der Waals surface area (Å²) in [6.07, 6.45) is 2.61. The van der Waals surface area contributed by atoms with Crippen molar-refractivity contribution in [3.05, 3.63) is 17.8 Å². The number of rotatable bonds is 2. The molecule has 0 atom stereocenters. The molecule has 1 aromatic rings. The van der Waals surface area contributed by atoms with Gasteiger partial charge in [-0.05, 0) is 33.3 Å². The summed E-state index contributed by atoms with van der Waals surface area (Å²) in [6.45, 7) is 8.30. The lowest BCUT2D eigenvalue weighted by Gasteiger charge is -2.45. The van der Waals surface area contributed by atoms with Crippen molar-refractivity contribution >= 4 is 17.6 Å². The average Bonchev–Trinajstić information content (AvgIpc) is 2.83. The van der Waals surface area contributed by atoms with Gasteiger partial charge in [-0.15, -0.1) is 0 Å². The van der Waals surface area contributed by atoms with Gasteiger partial charge >= 0.3 is 6.09 Å². The summed E-state index contributed by atoms with van der Waals surface area (Å²) >= 11 is 0. The second-order valence-corrected chi connectivity index (χ2v) is 6.98. The van der Waals surface area contributed by atoms with E-state index in [1.165, 1.54) is 11.3 Å². The van der Waals surface area contributed by atoms with Crippen molar-refractivity contribution in [2.75, 3.05) is 36.9 Å². The maximum Gasteiger partial charge on any atom is 0.410 e. The molecular weight excluding hydrogens is 280 g/mol. The molecule has 1 aromatic heterocycles. The number of anilines is 2. The fourth-order valence-corrected chi connectivity index (χ4v) is 2.86. The van der Waals surface area contributed by atoms with Crippen molar-refractivity contribution in [1.82, 2.24) is 9.88 Å². The molecule has 0 aliphatic carbocycles. The molecule has 0 saturated carbocycles. The van der Waals surface area contributed by atoms with Crippen LogP contribution in [-0.4, -0.2) is 54.3 Å². The van der Waals surface area contributed by atoms with E-state index in [0.717, 1.165) is 31.9 Å². The molecule has 6 nitrogen and oxygen atoms in total. The van der Waals surface area contributed by atoms with Gasteiger partial charge in [-0.1, -0.05) is 0 Å². The van der Waals surface area contributed by atoms with Crippen LogP contribution in [0.5, 0.6) is 0 Å². The van der Waals surface area contributed by atoms with Gasteiger partial charge in [0.2, 0.25) is 0 Å². The van der Waals surface area contributed by atoms with E-state index in [9.17, 15) is 4.79 Å². The van der Waals surface area contributed by atoms with Crippen LogP contribution in [0, 0.1) is 0 Å². The van der Waals surface area contributed by atoms with Gasteiger partial charge in [-0.2, -0.15) is 0 Å². The highest BCUT2D eigenvalue weighted by molar-refractivity contribution is 5.70. The normalized spacial score (nSPS) is 17.5. The van der Waals surface area contributed by atoms with Crippen LogP contribution in [0.1, 0.15) is 26.3 Å². The zero-order valence-corrected chi connectivity index (χ0v) is 13.7. The Morgan fingerprint density at radius 2 is 2.18 bits per heavy atom. The Morgan fingerprint density at radius 3 is 2.86 bits per heavy atom. The third-order valence-electron chi connectivity index (χ3n) is 4.13. The van der Waals surface area contributed by atoms with Crippen LogP contribution >= 0.6 is 0 Å². The molecule has 0 radical (unpaired) electrons. The third kappa shape index (κ3) is 2.82. The second kappa shape index (κ2) is 5.34. The Labute approximate surface area is 131 Å². The zero-order valence-electron chi connectivity index (χ0n) is 13.7. The maximum atomic E-state index is 12.1. The number of nitrogens with zero attached hydrogens (tertiary/aromatic N) is 3. The van der Waals surface area contributed by atoms with Crippen LogP contribution in [0.15, 0.2) is 12.3 Å². The minimum atomic E-state index is -0.452. The smallest absolute Gasteiger partial charge is 0.410 e. The van der Waals surface area contributed by atoms with E-state index >= 15 is 0 Å². The van der Waals surface area contributed by atoms with Gasteiger partial charge in [0.15, 0.2) is 0 Å². The largest absolute Gasteiger partial charge is 0.444 e. The van der Waals surface area contributed by atoms with Gasteiger partial charge in [0.1, 0.15) is 11.4 Å². The van der Waals surface area contributed by atoms with Gasteiger partial charge < -0.3 is 19.9 Å². The summed E-state index contributed by atoms with van der Waals surface area (Å²) in [5.41, 5.74) is 2.08. The molecule has 3 heterocycles. The second-order valence-electron chi connectivity index (χ2n) is 6.98. The molecule has 1 fully saturated rings. The summed E-state index contributed by atoms with van der Waals surface area (Å²) in [6, 6.07) is 2.27. The molecule has 1 N–H and O–H groups in total. The first-order valence-corrected chi connectivity index (χ1v) is 7.77. The Bertz CT molecular complexity index is 576. The Morgan fingerprint density at radius 1 is 1.45 bits per heavy atom. The molecule has 6 heteroatoms. The van der Waals surface area contributed by atoms with Crippen molar-refractivity contribution in [3.8, 4) is 0 Å². The van der Waals surface area contributed by atoms with Crippen molar-refractivity contribution in [1.29, 1.82) is 0 Å². The first kappa shape index (κ1) is 14.9. The molecule has 2 aliphatic heterocycles. The number of hydrogen-bond donors (Lipinski definition) is 1. The van der Waals surface area contributed by atoms with E-state index in [4.69, 9.17) is 4.74 Å². The number of aromatic nitrogens is 1. The van der Waals surface area contributed by atoms with Crippen molar-refractivity contribution < 1.29 is 9.53 Å². The van der Waals surface area contributed by atoms with Crippen molar-refractivity contribution in [2.24, 2.45) is 0 Å². The first-order chi connectivity index (χ1) is 10.3. The third-order valence-corrected chi connectivity index (χ3v) is 4.13. The van der Waals surface area contributed by atoms with Crippen LogP contribution < -0.4 is 10.2 Å². The minimum Gasteiger partial charge on any atom is -0.444 e. The molecule has 0 unspecified atom stereocenters. The molecule has 2 aliphatic rings. The molecule has 1 amide bonds. The fraction of sp³-hybridized carbons (Fsp3) is 0.625. The molecular formula is C16H24N4O2. The van der Waals surface area contributed by atoms with Gasteiger partial charge in [0.25, 0.3) is 0 Å². The number of likely N-dealkylation sites (N-methyl/N-ethyl adjacent to an activating group) is 1. The SMILES string of the molecule is CN(C(=O)OC(C)(C)C)C1CN(c2ccnc3c2CCN3)C1. The van der Waals surface area contributed by atoms with E-state index in [1.54, 1.807) is 4.90 Å². The van der Waals surface area contributed by atoms with Gasteiger partial charge in [0, 0.05) is 44.1 Å². The highest BCUT2D eigenvalue weighted by Crippen LogP contribution is 2.33. The summed E-state index contributed by atoms with van der Waals surface area (Å²) in [5.74, 6) is 1.00. The topological polar surface area (TPSA) is 57.7 Å². The van der Waals surface area contributed by atoms with Gasteiger partial charge in [-0.3, -0.25) is 0 Å². The standard InChI is InChI=1S/C16H24N4O2/c1-16(2,3)22-15(21)19(4)11-9-20(10-11)13-6-8-18-14-12(13)5-7-17-14/h6,8,11H,5,7,9-10H2,1-4H3,(H,17,18). The molecule has 120 valence electrons. The van der Waals surface area contributed by atoms with Crippen LogP contribution in [0.4, 0.5) is 16.3 Å². The van der Waals surface area contributed by atoms with Gasteiger partial charge in [-0.25, -0.2) is 9.78 Å². The van der Waals surface area contributed by atoms with Crippen molar-refractivity contribution in [2.45, 2.75) is 38.8 Å². The summed E-state index contributed by atoms with van der Waals surface area (Å²) < 4.78 is 5.42. The Kier molecular flexibility index (Phi) is 3.62.